The van der Waals surface area contributed by atoms with Gasteiger partial charge >= 0.3 is 0 Å². The largest absolute Gasteiger partial charge is 0.318 e. The number of thiazole rings is 1. The van der Waals surface area contributed by atoms with Gasteiger partial charge in [-0.2, -0.15) is 0 Å². The van der Waals surface area contributed by atoms with Crippen LogP contribution in [0.25, 0.3) is 0 Å². The van der Waals surface area contributed by atoms with Crippen LogP contribution in [0.2, 0.25) is 0 Å². The van der Waals surface area contributed by atoms with Gasteiger partial charge in [-0.3, -0.25) is 0 Å². The Morgan fingerprint density at radius 3 is 2.38 bits per heavy atom. The number of rotatable bonds is 2. The molecule has 0 radical (unpaired) electrons. The fourth-order valence-electron chi connectivity index (χ4n) is 3.23. The number of aryl methyl sites for hydroxylation is 1. The van der Waals surface area contributed by atoms with Crippen LogP contribution in [0.1, 0.15) is 56.7 Å². The van der Waals surface area contributed by atoms with E-state index in [4.69, 9.17) is 4.99 Å². The standard InChI is InChI=1S/C18H24N2S/c1-15-14-21-18(19-16-10-6-5-7-11-16)20(15)17-12-8-3-2-4-9-13-17/h5-7,10-11,14,17H,2-4,8-9,12-13H2,1H3. The Balaban J connectivity index is 1.94. The van der Waals surface area contributed by atoms with Gasteiger partial charge in [0, 0.05) is 17.1 Å². The van der Waals surface area contributed by atoms with Crippen molar-refractivity contribution in [1.29, 1.82) is 0 Å². The first kappa shape index (κ1) is 14.6. The summed E-state index contributed by atoms with van der Waals surface area (Å²) in [5.74, 6) is 0. The first-order chi connectivity index (χ1) is 10.3. The summed E-state index contributed by atoms with van der Waals surface area (Å²) < 4.78 is 2.49. The van der Waals surface area contributed by atoms with Crippen LogP contribution in [0.4, 0.5) is 5.69 Å². The van der Waals surface area contributed by atoms with Gasteiger partial charge in [-0.25, -0.2) is 4.99 Å². The second kappa shape index (κ2) is 7.08. The molecule has 0 atom stereocenters. The molecule has 1 saturated carbocycles. The molecule has 2 aromatic rings. The average Bonchev–Trinajstić information content (AvgIpc) is 2.81. The summed E-state index contributed by atoms with van der Waals surface area (Å²) in [6.07, 6.45) is 9.53. The van der Waals surface area contributed by atoms with Gasteiger partial charge in [0.25, 0.3) is 0 Å². The molecular weight excluding hydrogens is 276 g/mol. The molecule has 21 heavy (non-hydrogen) atoms. The minimum Gasteiger partial charge on any atom is -0.318 e. The Morgan fingerprint density at radius 2 is 1.67 bits per heavy atom. The summed E-state index contributed by atoms with van der Waals surface area (Å²) in [6, 6.07) is 11.0. The first-order valence-corrected chi connectivity index (χ1v) is 8.99. The molecule has 0 bridgehead atoms. The number of benzene rings is 1. The Hall–Kier alpha value is -1.35. The SMILES string of the molecule is Cc1csc(=Nc2ccccc2)n1C1CCCCCCC1. The molecule has 112 valence electrons. The van der Waals surface area contributed by atoms with Crippen molar-refractivity contribution in [2.24, 2.45) is 4.99 Å². The molecule has 1 aromatic heterocycles. The van der Waals surface area contributed by atoms with Crippen molar-refractivity contribution >= 4 is 17.0 Å². The van der Waals surface area contributed by atoms with Crippen molar-refractivity contribution in [2.45, 2.75) is 57.9 Å². The fourth-order valence-corrected chi connectivity index (χ4v) is 4.19. The quantitative estimate of drug-likeness (QED) is 0.709. The smallest absolute Gasteiger partial charge is 0.190 e. The van der Waals surface area contributed by atoms with Crippen molar-refractivity contribution in [3.63, 3.8) is 0 Å². The van der Waals surface area contributed by atoms with Crippen LogP contribution in [-0.2, 0) is 0 Å². The Bertz CT molecular complexity index is 616. The van der Waals surface area contributed by atoms with Gasteiger partial charge in [-0.05, 0) is 31.9 Å². The minimum atomic E-state index is 0.638. The monoisotopic (exact) mass is 300 g/mol. The summed E-state index contributed by atoms with van der Waals surface area (Å²) in [4.78, 5) is 6.03. The zero-order chi connectivity index (χ0) is 14.5. The molecule has 0 spiro atoms. The molecule has 1 aromatic carbocycles. The van der Waals surface area contributed by atoms with Crippen LogP contribution in [0.5, 0.6) is 0 Å². The van der Waals surface area contributed by atoms with Gasteiger partial charge < -0.3 is 4.57 Å². The average molecular weight is 300 g/mol. The third-order valence-electron chi connectivity index (χ3n) is 4.34. The predicted octanol–water partition coefficient (Wildman–Crippen LogP) is 5.38. The van der Waals surface area contributed by atoms with E-state index < -0.39 is 0 Å². The molecule has 2 nitrogen and oxygen atoms in total. The van der Waals surface area contributed by atoms with Crippen molar-refractivity contribution in [2.75, 3.05) is 0 Å². The van der Waals surface area contributed by atoms with E-state index in [2.05, 4.69) is 41.1 Å². The first-order valence-electron chi connectivity index (χ1n) is 8.11. The topological polar surface area (TPSA) is 17.3 Å². The zero-order valence-electron chi connectivity index (χ0n) is 12.8. The Kier molecular flexibility index (Phi) is 4.91. The van der Waals surface area contributed by atoms with Crippen LogP contribution >= 0.6 is 11.3 Å². The maximum Gasteiger partial charge on any atom is 0.190 e. The highest BCUT2D eigenvalue weighted by atomic mass is 32.1. The van der Waals surface area contributed by atoms with E-state index >= 15 is 0 Å². The molecule has 0 saturated heterocycles. The van der Waals surface area contributed by atoms with Crippen molar-refractivity contribution in [3.05, 3.63) is 46.2 Å². The third-order valence-corrected chi connectivity index (χ3v) is 5.30. The normalized spacial score (nSPS) is 18.4. The van der Waals surface area contributed by atoms with Crippen LogP contribution < -0.4 is 4.80 Å². The molecule has 0 amide bonds. The highest BCUT2D eigenvalue weighted by Crippen LogP contribution is 2.27. The van der Waals surface area contributed by atoms with Crippen LogP contribution in [-0.4, -0.2) is 4.57 Å². The highest BCUT2D eigenvalue weighted by Gasteiger charge is 2.16. The summed E-state index contributed by atoms with van der Waals surface area (Å²) in [7, 11) is 0. The van der Waals surface area contributed by atoms with E-state index in [1.807, 2.05) is 6.07 Å². The molecule has 0 N–H and O–H groups in total. The van der Waals surface area contributed by atoms with Gasteiger partial charge in [0.15, 0.2) is 4.80 Å². The lowest BCUT2D eigenvalue weighted by molar-refractivity contribution is 0.362. The second-order valence-electron chi connectivity index (χ2n) is 5.98. The lowest BCUT2D eigenvalue weighted by Gasteiger charge is -2.22. The summed E-state index contributed by atoms with van der Waals surface area (Å²) in [5, 5.41) is 2.25. The Morgan fingerprint density at radius 1 is 1.00 bits per heavy atom. The maximum atomic E-state index is 4.87. The van der Waals surface area contributed by atoms with Gasteiger partial charge in [0.05, 0.1) is 5.69 Å². The van der Waals surface area contributed by atoms with Crippen molar-refractivity contribution < 1.29 is 0 Å². The van der Waals surface area contributed by atoms with E-state index in [-0.39, 0.29) is 0 Å². The fraction of sp³-hybridized carbons (Fsp3) is 0.500. The molecule has 1 aliphatic carbocycles. The van der Waals surface area contributed by atoms with Gasteiger partial charge in [-0.15, -0.1) is 11.3 Å². The van der Waals surface area contributed by atoms with E-state index in [0.29, 0.717) is 6.04 Å². The number of aromatic nitrogens is 1. The number of para-hydroxylation sites is 1. The minimum absolute atomic E-state index is 0.638. The molecule has 1 aliphatic rings. The van der Waals surface area contributed by atoms with Crippen LogP contribution in [0, 0.1) is 6.92 Å². The van der Waals surface area contributed by atoms with Gasteiger partial charge in [0.1, 0.15) is 0 Å². The molecule has 3 heteroatoms. The summed E-state index contributed by atoms with van der Waals surface area (Å²) >= 11 is 1.77. The number of hydrogen-bond donors (Lipinski definition) is 0. The van der Waals surface area contributed by atoms with Crippen molar-refractivity contribution in [3.8, 4) is 0 Å². The van der Waals surface area contributed by atoms with Gasteiger partial charge in [-0.1, -0.05) is 50.3 Å². The summed E-state index contributed by atoms with van der Waals surface area (Å²) in [5.41, 5.74) is 2.42. The predicted molar refractivity (Wildman–Crippen MR) is 90.1 cm³/mol. The molecular formula is C18H24N2S. The lowest BCUT2D eigenvalue weighted by atomic mass is 9.96. The van der Waals surface area contributed by atoms with E-state index in [9.17, 15) is 0 Å². The third kappa shape index (κ3) is 3.65. The van der Waals surface area contributed by atoms with E-state index in [1.54, 1.807) is 11.3 Å². The zero-order valence-corrected chi connectivity index (χ0v) is 13.6. The molecule has 3 rings (SSSR count). The summed E-state index contributed by atoms with van der Waals surface area (Å²) in [6.45, 7) is 2.22. The maximum absolute atomic E-state index is 4.87. The molecule has 1 heterocycles. The number of nitrogens with zero attached hydrogens (tertiary/aromatic N) is 2. The molecule has 1 fully saturated rings. The number of hydrogen-bond acceptors (Lipinski definition) is 2. The van der Waals surface area contributed by atoms with E-state index in [0.717, 1.165) is 10.5 Å². The molecule has 0 unspecified atom stereocenters. The van der Waals surface area contributed by atoms with Crippen LogP contribution in [0.15, 0.2) is 40.7 Å². The van der Waals surface area contributed by atoms with Crippen LogP contribution in [0.3, 0.4) is 0 Å². The second-order valence-corrected chi connectivity index (χ2v) is 6.81. The van der Waals surface area contributed by atoms with Gasteiger partial charge in [0.2, 0.25) is 0 Å². The van der Waals surface area contributed by atoms with Crippen molar-refractivity contribution in [1.82, 2.24) is 4.57 Å². The lowest BCUT2D eigenvalue weighted by Crippen LogP contribution is -2.22. The molecule has 0 aliphatic heterocycles. The highest BCUT2D eigenvalue weighted by molar-refractivity contribution is 7.07. The Labute approximate surface area is 131 Å². The van der Waals surface area contributed by atoms with E-state index in [1.165, 1.54) is 50.6 Å².